The van der Waals surface area contributed by atoms with Crippen molar-refractivity contribution in [2.75, 3.05) is 13.6 Å². The van der Waals surface area contributed by atoms with Gasteiger partial charge >= 0.3 is 0 Å². The summed E-state index contributed by atoms with van der Waals surface area (Å²) in [6.45, 7) is 2.41. The van der Waals surface area contributed by atoms with E-state index in [1.165, 1.54) is 12.1 Å². The Kier molecular flexibility index (Phi) is 2.91. The van der Waals surface area contributed by atoms with Crippen LogP contribution in [0.4, 0.5) is 4.39 Å². The summed E-state index contributed by atoms with van der Waals surface area (Å²) in [6, 6.07) is 6.20. The molecule has 5 heteroatoms. The number of rotatable bonds is 2. The minimum absolute atomic E-state index is 0.274. The molecule has 0 amide bonds. The first-order chi connectivity index (χ1) is 9.19. The highest BCUT2D eigenvalue weighted by atomic mass is 19.1. The Labute approximate surface area is 110 Å². The summed E-state index contributed by atoms with van der Waals surface area (Å²) in [5.74, 6) is 0.467. The fourth-order valence-electron chi connectivity index (χ4n) is 2.43. The predicted octanol–water partition coefficient (Wildman–Crippen LogP) is 1.95. The first-order valence-electron chi connectivity index (χ1n) is 6.18. The molecular weight excluding hydrogens is 245 g/mol. The van der Waals surface area contributed by atoms with Gasteiger partial charge in [0.15, 0.2) is 6.29 Å². The predicted molar refractivity (Wildman–Crippen MR) is 69.3 cm³/mol. The molecule has 0 spiro atoms. The van der Waals surface area contributed by atoms with Gasteiger partial charge in [-0.3, -0.25) is 9.69 Å². The fraction of sp³-hybridized carbons (Fsp3) is 0.286. The van der Waals surface area contributed by atoms with Gasteiger partial charge in [-0.05, 0) is 31.3 Å². The van der Waals surface area contributed by atoms with E-state index in [1.807, 2.05) is 7.05 Å². The second-order valence-corrected chi connectivity index (χ2v) is 4.78. The minimum atomic E-state index is -0.274. The van der Waals surface area contributed by atoms with Crippen LogP contribution in [0.2, 0.25) is 0 Å². The average Bonchev–Trinajstić information content (AvgIpc) is 2.77. The van der Waals surface area contributed by atoms with Crippen LogP contribution in [0.25, 0.3) is 11.4 Å². The Morgan fingerprint density at radius 1 is 1.26 bits per heavy atom. The number of halogens is 1. The van der Waals surface area contributed by atoms with Crippen molar-refractivity contribution in [2.24, 2.45) is 0 Å². The third-order valence-corrected chi connectivity index (χ3v) is 3.44. The van der Waals surface area contributed by atoms with E-state index in [1.54, 1.807) is 12.1 Å². The minimum Gasteiger partial charge on any atom is -0.325 e. The molecule has 2 heterocycles. The van der Waals surface area contributed by atoms with Gasteiger partial charge in [-0.15, -0.1) is 0 Å². The molecule has 0 unspecified atom stereocenters. The smallest absolute Gasteiger partial charge is 0.170 e. The van der Waals surface area contributed by atoms with Gasteiger partial charge in [0.05, 0.1) is 5.69 Å². The molecule has 0 N–H and O–H groups in total. The summed E-state index contributed by atoms with van der Waals surface area (Å²) >= 11 is 0. The van der Waals surface area contributed by atoms with Crippen molar-refractivity contribution in [2.45, 2.75) is 13.1 Å². The van der Waals surface area contributed by atoms with Gasteiger partial charge in [0, 0.05) is 25.2 Å². The quantitative estimate of drug-likeness (QED) is 0.774. The first kappa shape index (κ1) is 12.0. The van der Waals surface area contributed by atoms with Crippen molar-refractivity contribution in [1.82, 2.24) is 14.5 Å². The molecule has 4 nitrogen and oxygen atoms in total. The lowest BCUT2D eigenvalue weighted by molar-refractivity contribution is 0.111. The van der Waals surface area contributed by atoms with E-state index in [9.17, 15) is 9.18 Å². The van der Waals surface area contributed by atoms with E-state index in [-0.39, 0.29) is 5.82 Å². The molecule has 0 saturated heterocycles. The van der Waals surface area contributed by atoms with E-state index >= 15 is 0 Å². The van der Waals surface area contributed by atoms with Gasteiger partial charge in [-0.1, -0.05) is 0 Å². The van der Waals surface area contributed by atoms with Crippen molar-refractivity contribution < 1.29 is 9.18 Å². The number of carbonyl (C=O) groups excluding carboxylic acids is 1. The van der Waals surface area contributed by atoms with Gasteiger partial charge in [-0.25, -0.2) is 9.37 Å². The normalized spacial score (nSPS) is 15.3. The lowest BCUT2D eigenvalue weighted by Crippen LogP contribution is -2.30. The van der Waals surface area contributed by atoms with Crippen LogP contribution in [-0.2, 0) is 13.1 Å². The number of fused-ring (bicyclic) bond motifs is 1. The van der Waals surface area contributed by atoms with E-state index in [4.69, 9.17) is 0 Å². The second-order valence-electron chi connectivity index (χ2n) is 4.78. The standard InChI is InChI=1S/C14H14FN3O/c1-17-6-7-18-13(8-17)12(9-19)16-14(18)10-2-4-11(15)5-3-10/h2-5,9H,6-8H2,1H3. The third kappa shape index (κ3) is 2.06. The summed E-state index contributed by atoms with van der Waals surface area (Å²) in [7, 11) is 2.02. The average molecular weight is 259 g/mol. The molecule has 2 aromatic rings. The zero-order chi connectivity index (χ0) is 13.4. The Bertz CT molecular complexity index is 618. The van der Waals surface area contributed by atoms with Crippen molar-refractivity contribution in [1.29, 1.82) is 0 Å². The zero-order valence-electron chi connectivity index (χ0n) is 10.6. The van der Waals surface area contributed by atoms with Crippen LogP contribution in [-0.4, -0.2) is 34.3 Å². The summed E-state index contributed by atoms with van der Waals surface area (Å²) in [5, 5.41) is 0. The number of benzene rings is 1. The van der Waals surface area contributed by atoms with Crippen molar-refractivity contribution >= 4 is 6.29 Å². The lowest BCUT2D eigenvalue weighted by atomic mass is 10.2. The maximum atomic E-state index is 13.0. The zero-order valence-corrected chi connectivity index (χ0v) is 10.6. The largest absolute Gasteiger partial charge is 0.325 e. The van der Waals surface area contributed by atoms with Crippen LogP contribution in [0, 0.1) is 5.82 Å². The van der Waals surface area contributed by atoms with E-state index in [0.717, 1.165) is 36.5 Å². The van der Waals surface area contributed by atoms with Gasteiger partial charge in [0.1, 0.15) is 17.3 Å². The van der Waals surface area contributed by atoms with Gasteiger partial charge in [-0.2, -0.15) is 0 Å². The van der Waals surface area contributed by atoms with E-state index < -0.39 is 0 Å². The number of likely N-dealkylation sites (N-methyl/N-ethyl adjacent to an activating group) is 1. The topological polar surface area (TPSA) is 38.1 Å². The molecular formula is C14H14FN3O. The van der Waals surface area contributed by atoms with Gasteiger partial charge in [0.25, 0.3) is 0 Å². The first-order valence-corrected chi connectivity index (χ1v) is 6.18. The Hall–Kier alpha value is -2.01. The maximum Gasteiger partial charge on any atom is 0.170 e. The highest BCUT2D eigenvalue weighted by molar-refractivity contribution is 5.76. The Balaban J connectivity index is 2.12. The van der Waals surface area contributed by atoms with Crippen LogP contribution in [0.1, 0.15) is 16.2 Å². The Morgan fingerprint density at radius 3 is 2.68 bits per heavy atom. The molecule has 1 aromatic carbocycles. The van der Waals surface area contributed by atoms with Crippen molar-refractivity contribution in [3.8, 4) is 11.4 Å². The van der Waals surface area contributed by atoms with E-state index in [0.29, 0.717) is 12.2 Å². The number of nitrogens with zero attached hydrogens (tertiary/aromatic N) is 3. The highest BCUT2D eigenvalue weighted by Gasteiger charge is 2.22. The number of imidazole rings is 1. The maximum absolute atomic E-state index is 13.0. The Morgan fingerprint density at radius 2 is 2.00 bits per heavy atom. The van der Waals surface area contributed by atoms with Crippen LogP contribution >= 0.6 is 0 Å². The molecule has 0 atom stereocenters. The molecule has 0 aliphatic carbocycles. The number of hydrogen-bond acceptors (Lipinski definition) is 3. The number of carbonyl (C=O) groups is 1. The van der Waals surface area contributed by atoms with Crippen molar-refractivity contribution in [3.63, 3.8) is 0 Å². The molecule has 3 rings (SSSR count). The SMILES string of the molecule is CN1CCn2c(-c3ccc(F)cc3)nc(C=O)c2C1. The summed E-state index contributed by atoms with van der Waals surface area (Å²) < 4.78 is 15.0. The molecule has 98 valence electrons. The molecule has 19 heavy (non-hydrogen) atoms. The molecule has 1 aliphatic rings. The van der Waals surface area contributed by atoms with Gasteiger partial charge < -0.3 is 4.57 Å². The van der Waals surface area contributed by atoms with Crippen LogP contribution < -0.4 is 0 Å². The summed E-state index contributed by atoms with van der Waals surface area (Å²) in [6.07, 6.45) is 0.790. The van der Waals surface area contributed by atoms with E-state index in [2.05, 4.69) is 14.5 Å². The molecule has 0 saturated carbocycles. The molecule has 0 radical (unpaired) electrons. The van der Waals surface area contributed by atoms with Crippen LogP contribution in [0.15, 0.2) is 24.3 Å². The number of aromatic nitrogens is 2. The highest BCUT2D eigenvalue weighted by Crippen LogP contribution is 2.25. The van der Waals surface area contributed by atoms with Gasteiger partial charge in [0.2, 0.25) is 0 Å². The molecule has 1 aromatic heterocycles. The van der Waals surface area contributed by atoms with Crippen LogP contribution in [0.3, 0.4) is 0 Å². The second kappa shape index (κ2) is 4.59. The third-order valence-electron chi connectivity index (χ3n) is 3.44. The van der Waals surface area contributed by atoms with Crippen LogP contribution in [0.5, 0.6) is 0 Å². The van der Waals surface area contributed by atoms with Crippen molar-refractivity contribution in [3.05, 3.63) is 41.5 Å². The lowest BCUT2D eigenvalue weighted by Gasteiger charge is -2.25. The molecule has 0 fully saturated rings. The summed E-state index contributed by atoms with van der Waals surface area (Å²) in [5.41, 5.74) is 2.24. The number of aldehydes is 1. The molecule has 1 aliphatic heterocycles. The monoisotopic (exact) mass is 259 g/mol. The fourth-order valence-corrected chi connectivity index (χ4v) is 2.43. The number of hydrogen-bond donors (Lipinski definition) is 0. The molecule has 0 bridgehead atoms. The summed E-state index contributed by atoms with van der Waals surface area (Å²) in [4.78, 5) is 17.7.